The highest BCUT2D eigenvalue weighted by Crippen LogP contribution is 2.59. The lowest BCUT2D eigenvalue weighted by Crippen LogP contribution is -2.35. The van der Waals surface area contributed by atoms with E-state index >= 15 is 0 Å². The van der Waals surface area contributed by atoms with Gasteiger partial charge < -0.3 is 0 Å². The number of ketones is 1. The van der Waals surface area contributed by atoms with E-state index < -0.39 is 15.5 Å². The van der Waals surface area contributed by atoms with Crippen molar-refractivity contribution in [3.8, 4) is 0 Å². The molecule has 4 rings (SSSR count). The maximum atomic E-state index is 12.9. The van der Waals surface area contributed by atoms with Gasteiger partial charge in [0.25, 0.3) is 0 Å². The number of rotatable bonds is 1. The molecule has 4 heteroatoms. The van der Waals surface area contributed by atoms with Gasteiger partial charge in [0.15, 0.2) is 5.78 Å². The molecule has 1 aromatic carbocycles. The fraction of sp³-hybridized carbons (Fsp3) is 0.312. The second-order valence-corrected chi connectivity index (χ2v) is 8.43. The van der Waals surface area contributed by atoms with E-state index in [9.17, 15) is 9.00 Å². The zero-order valence-electron chi connectivity index (χ0n) is 11.3. The molecule has 2 aliphatic heterocycles. The van der Waals surface area contributed by atoms with Gasteiger partial charge >= 0.3 is 0 Å². The maximum absolute atomic E-state index is 12.9. The van der Waals surface area contributed by atoms with E-state index in [2.05, 4.69) is 12.1 Å². The summed E-state index contributed by atoms with van der Waals surface area (Å²) in [5.74, 6) is 0.193. The minimum Gasteiger partial charge on any atom is -0.292 e. The topological polar surface area (TPSA) is 34.1 Å². The third kappa shape index (κ3) is 1.36. The molecule has 1 aromatic rings. The van der Waals surface area contributed by atoms with Crippen LogP contribution in [0.15, 0.2) is 50.6 Å². The normalized spacial score (nSPS) is 30.6. The van der Waals surface area contributed by atoms with Gasteiger partial charge in [-0.05, 0) is 23.6 Å². The Morgan fingerprint density at radius 2 is 2.05 bits per heavy atom. The summed E-state index contributed by atoms with van der Waals surface area (Å²) < 4.78 is 11.6. The first-order valence-electron chi connectivity index (χ1n) is 6.74. The lowest BCUT2D eigenvalue weighted by Gasteiger charge is -2.26. The van der Waals surface area contributed by atoms with Gasteiger partial charge in [-0.1, -0.05) is 43.8 Å². The Morgan fingerprint density at radius 3 is 2.80 bits per heavy atom. The zero-order valence-corrected chi connectivity index (χ0v) is 12.9. The van der Waals surface area contributed by atoms with E-state index in [0.29, 0.717) is 6.42 Å². The quantitative estimate of drug-likeness (QED) is 0.747. The van der Waals surface area contributed by atoms with Crippen molar-refractivity contribution in [2.24, 2.45) is 5.92 Å². The molecule has 0 spiro atoms. The van der Waals surface area contributed by atoms with Gasteiger partial charge in [0.1, 0.15) is 4.75 Å². The molecule has 2 heterocycles. The van der Waals surface area contributed by atoms with Gasteiger partial charge in [0.05, 0.1) is 10.8 Å². The fourth-order valence-electron chi connectivity index (χ4n) is 3.21. The Bertz CT molecular complexity index is 743. The first-order chi connectivity index (χ1) is 9.56. The van der Waals surface area contributed by atoms with Crippen LogP contribution in [0.25, 0.3) is 0 Å². The van der Waals surface area contributed by atoms with Crippen molar-refractivity contribution in [2.75, 3.05) is 0 Å². The minimum atomic E-state index is -1.12. The number of hydrogen-bond acceptors (Lipinski definition) is 3. The van der Waals surface area contributed by atoms with Crippen LogP contribution in [-0.4, -0.2) is 14.7 Å². The highest BCUT2D eigenvalue weighted by molar-refractivity contribution is 8.04. The number of fused-ring (bicyclic) bond motifs is 2. The van der Waals surface area contributed by atoms with Gasteiger partial charge in [0, 0.05) is 26.7 Å². The highest BCUT2D eigenvalue weighted by atomic mass is 32.2. The number of Topliss-reactive ketones (excluding diaryl/α,β-unsaturated/α-hetero) is 1. The van der Waals surface area contributed by atoms with Crippen molar-refractivity contribution in [1.82, 2.24) is 0 Å². The summed E-state index contributed by atoms with van der Waals surface area (Å²) in [6.45, 7) is 3.98. The molecule has 2 unspecified atom stereocenters. The van der Waals surface area contributed by atoms with Crippen LogP contribution >= 0.6 is 11.8 Å². The van der Waals surface area contributed by atoms with Crippen molar-refractivity contribution in [2.45, 2.75) is 29.9 Å². The molecule has 0 bridgehead atoms. The Morgan fingerprint density at radius 1 is 1.30 bits per heavy atom. The molecule has 0 amide bonds. The molecule has 1 fully saturated rings. The van der Waals surface area contributed by atoms with Gasteiger partial charge in [-0.15, -0.1) is 0 Å². The molecule has 1 saturated heterocycles. The van der Waals surface area contributed by atoms with Crippen LogP contribution in [0.3, 0.4) is 0 Å². The van der Waals surface area contributed by atoms with Crippen LogP contribution < -0.4 is 0 Å². The fourth-order valence-corrected chi connectivity index (χ4v) is 6.31. The van der Waals surface area contributed by atoms with Crippen molar-refractivity contribution < 1.29 is 9.00 Å². The van der Waals surface area contributed by atoms with Crippen LogP contribution in [0.5, 0.6) is 0 Å². The molecule has 0 radical (unpaired) electrons. The smallest absolute Gasteiger partial charge is 0.184 e. The molecule has 1 aliphatic carbocycles. The average molecular weight is 302 g/mol. The molecule has 2 nitrogen and oxygen atoms in total. The van der Waals surface area contributed by atoms with Crippen molar-refractivity contribution >= 4 is 28.3 Å². The summed E-state index contributed by atoms with van der Waals surface area (Å²) in [5.41, 5.74) is 2.06. The summed E-state index contributed by atoms with van der Waals surface area (Å²) >= 11 is 1.64. The van der Waals surface area contributed by atoms with Gasteiger partial charge in [-0.25, -0.2) is 0 Å². The predicted molar refractivity (Wildman–Crippen MR) is 81.8 cm³/mol. The molecular formula is C16H14O2S2. The standard InChI is InChI=1S/C16H14O2S2/c1-9(2)16-14(20(16)18)8-13-11(15(16)17)7-10-5-3-4-6-12(10)19-13/h3-6,8-9H,7H2,1-2H3. The molecule has 0 saturated carbocycles. The van der Waals surface area contributed by atoms with E-state index in [1.54, 1.807) is 11.8 Å². The summed E-state index contributed by atoms with van der Waals surface area (Å²) in [6.07, 6.45) is 2.68. The van der Waals surface area contributed by atoms with Crippen LogP contribution in [0.2, 0.25) is 0 Å². The number of allylic oxidation sites excluding steroid dienone is 2. The number of carbonyl (C=O) groups is 1. The van der Waals surface area contributed by atoms with Crippen LogP contribution in [0.1, 0.15) is 19.4 Å². The van der Waals surface area contributed by atoms with E-state index in [4.69, 9.17) is 0 Å². The summed E-state index contributed by atoms with van der Waals surface area (Å²) in [4.78, 5) is 15.9. The first-order valence-corrected chi connectivity index (χ1v) is 8.71. The van der Waals surface area contributed by atoms with Crippen LogP contribution in [0, 0.1) is 5.92 Å². The molecule has 3 aliphatic rings. The van der Waals surface area contributed by atoms with Crippen molar-refractivity contribution in [3.05, 3.63) is 51.3 Å². The lowest BCUT2D eigenvalue weighted by atomic mass is 9.82. The van der Waals surface area contributed by atoms with E-state index in [0.717, 1.165) is 15.4 Å². The Balaban J connectivity index is 1.83. The maximum Gasteiger partial charge on any atom is 0.184 e. The molecule has 20 heavy (non-hydrogen) atoms. The third-order valence-electron chi connectivity index (χ3n) is 4.36. The summed E-state index contributed by atoms with van der Waals surface area (Å²) in [6, 6.07) is 8.18. The van der Waals surface area contributed by atoms with E-state index in [1.165, 1.54) is 10.5 Å². The first kappa shape index (κ1) is 12.6. The number of benzene rings is 1. The summed E-state index contributed by atoms with van der Waals surface area (Å²) in [7, 11) is -1.12. The number of hydrogen-bond donors (Lipinski definition) is 0. The minimum absolute atomic E-state index is 0.0957. The molecule has 0 aromatic heterocycles. The summed E-state index contributed by atoms with van der Waals surface area (Å²) in [5, 5.41) is 0. The van der Waals surface area contributed by atoms with Gasteiger partial charge in [0.2, 0.25) is 0 Å². The van der Waals surface area contributed by atoms with Gasteiger partial charge in [-0.2, -0.15) is 0 Å². The van der Waals surface area contributed by atoms with Crippen molar-refractivity contribution in [3.63, 3.8) is 0 Å². The van der Waals surface area contributed by atoms with E-state index in [1.807, 2.05) is 32.1 Å². The predicted octanol–water partition coefficient (Wildman–Crippen LogP) is 3.21. The zero-order chi connectivity index (χ0) is 14.1. The third-order valence-corrected chi connectivity index (χ3v) is 7.66. The number of carbonyl (C=O) groups excluding carboxylic acids is 1. The SMILES string of the molecule is CC(C)C12C(=O)C3=C(C=C1S2=O)Sc1ccccc1C3. The van der Waals surface area contributed by atoms with Crippen molar-refractivity contribution in [1.29, 1.82) is 0 Å². The second-order valence-electron chi connectivity index (χ2n) is 5.73. The van der Waals surface area contributed by atoms with Crippen LogP contribution in [0.4, 0.5) is 0 Å². The average Bonchev–Trinajstić information content (AvgIpc) is 3.04. The molecular weight excluding hydrogens is 288 g/mol. The Kier molecular flexibility index (Phi) is 2.49. The molecule has 2 atom stereocenters. The lowest BCUT2D eigenvalue weighted by molar-refractivity contribution is -0.117. The molecule has 0 N–H and O–H groups in total. The molecule has 102 valence electrons. The van der Waals surface area contributed by atoms with Crippen LogP contribution in [-0.2, 0) is 22.0 Å². The van der Waals surface area contributed by atoms with Gasteiger partial charge in [-0.3, -0.25) is 9.00 Å². The number of thioether (sulfide) groups is 1. The van der Waals surface area contributed by atoms with E-state index in [-0.39, 0.29) is 11.7 Å². The monoisotopic (exact) mass is 302 g/mol. The largest absolute Gasteiger partial charge is 0.292 e. The Labute approximate surface area is 124 Å². The highest BCUT2D eigenvalue weighted by Gasteiger charge is 2.68. The Hall–Kier alpha value is -1.13. The second kappa shape index (κ2) is 3.95.